The third-order valence-electron chi connectivity index (χ3n) is 4.57. The number of rotatable bonds is 6. The highest BCUT2D eigenvalue weighted by Gasteiger charge is 2.21. The first kappa shape index (κ1) is 26.1. The molecule has 0 spiro atoms. The van der Waals surface area contributed by atoms with Gasteiger partial charge < -0.3 is 5.32 Å². The molecule has 1 amide bonds. The summed E-state index contributed by atoms with van der Waals surface area (Å²) in [5.74, 6) is -1.83. The Bertz CT molecular complexity index is 855. The number of benzene rings is 1. The quantitative estimate of drug-likeness (QED) is 0.325. The van der Waals surface area contributed by atoms with Crippen LogP contribution in [-0.2, 0) is 11.3 Å². The van der Waals surface area contributed by atoms with Crippen LogP contribution < -0.4 is 10.8 Å². The summed E-state index contributed by atoms with van der Waals surface area (Å²) >= 11 is 6.27. The van der Waals surface area contributed by atoms with E-state index in [2.05, 4.69) is 27.3 Å². The molecule has 0 radical (unpaired) electrons. The lowest BCUT2D eigenvalue weighted by Gasteiger charge is -2.33. The number of aromatic nitrogens is 1. The second-order valence-electron chi connectivity index (χ2n) is 6.74. The van der Waals surface area contributed by atoms with Crippen LogP contribution >= 0.6 is 36.4 Å². The van der Waals surface area contributed by atoms with Crippen molar-refractivity contribution in [1.82, 2.24) is 15.4 Å². The van der Waals surface area contributed by atoms with Gasteiger partial charge in [0.2, 0.25) is 0 Å². The zero-order chi connectivity index (χ0) is 19.9. The van der Waals surface area contributed by atoms with Gasteiger partial charge in [-0.1, -0.05) is 41.9 Å². The Morgan fingerprint density at radius 3 is 2.73 bits per heavy atom. The van der Waals surface area contributed by atoms with Crippen molar-refractivity contribution < 1.29 is 14.4 Å². The predicted octanol–water partition coefficient (Wildman–Crippen LogP) is 4.47. The molecule has 0 unspecified atom stereocenters. The SMILES string of the molecule is Cl.Cl.O=C(NO)/C(F)=C/c1cnc(N[C@@H]2CCCN(Cc3ccccc3)C2)c(Cl)c1. The molecule has 6 nitrogen and oxygen atoms in total. The third kappa shape index (κ3) is 7.41. The third-order valence-corrected chi connectivity index (χ3v) is 4.86. The fourth-order valence-corrected chi connectivity index (χ4v) is 3.48. The molecular weight excluding hydrogens is 454 g/mol. The topological polar surface area (TPSA) is 77.5 Å². The normalized spacial score (nSPS) is 16.8. The van der Waals surface area contributed by atoms with Crippen LogP contribution in [-0.4, -0.2) is 40.1 Å². The number of nitrogens with one attached hydrogen (secondary N) is 2. The molecule has 10 heteroatoms. The highest BCUT2D eigenvalue weighted by atomic mass is 35.5. The van der Waals surface area contributed by atoms with E-state index < -0.39 is 11.7 Å². The summed E-state index contributed by atoms with van der Waals surface area (Å²) in [6, 6.07) is 12.1. The molecule has 30 heavy (non-hydrogen) atoms. The number of amides is 1. The Morgan fingerprint density at radius 2 is 2.07 bits per heavy atom. The molecule has 2 heterocycles. The highest BCUT2D eigenvalue weighted by molar-refractivity contribution is 6.33. The van der Waals surface area contributed by atoms with Crippen LogP contribution in [0.5, 0.6) is 0 Å². The van der Waals surface area contributed by atoms with Crippen molar-refractivity contribution in [3.8, 4) is 0 Å². The van der Waals surface area contributed by atoms with Crippen molar-refractivity contribution in [2.45, 2.75) is 25.4 Å². The number of likely N-dealkylation sites (tertiary alicyclic amines) is 1. The first-order chi connectivity index (χ1) is 13.5. The van der Waals surface area contributed by atoms with Crippen LogP contribution in [0.2, 0.25) is 5.02 Å². The minimum Gasteiger partial charge on any atom is -0.365 e. The Hall–Kier alpha value is -1.90. The van der Waals surface area contributed by atoms with Crippen molar-refractivity contribution in [1.29, 1.82) is 0 Å². The molecule has 1 saturated heterocycles. The monoisotopic (exact) mass is 476 g/mol. The molecule has 0 saturated carbocycles. The van der Waals surface area contributed by atoms with Crippen LogP contribution in [0.4, 0.5) is 10.2 Å². The van der Waals surface area contributed by atoms with Gasteiger partial charge in [0.15, 0.2) is 5.83 Å². The molecule has 1 atom stereocenters. The molecular formula is C20H24Cl3FN4O2. The summed E-state index contributed by atoms with van der Waals surface area (Å²) in [4.78, 5) is 17.7. The van der Waals surface area contributed by atoms with Crippen LogP contribution in [0.3, 0.4) is 0 Å². The van der Waals surface area contributed by atoms with Gasteiger partial charge in [-0.15, -0.1) is 24.8 Å². The summed E-state index contributed by atoms with van der Waals surface area (Å²) in [7, 11) is 0. The number of hydrogen-bond acceptors (Lipinski definition) is 5. The molecule has 2 aromatic rings. The fourth-order valence-electron chi connectivity index (χ4n) is 3.26. The van der Waals surface area contributed by atoms with Gasteiger partial charge in [0.05, 0.1) is 5.02 Å². The van der Waals surface area contributed by atoms with Crippen LogP contribution in [0, 0.1) is 0 Å². The van der Waals surface area contributed by atoms with Crippen LogP contribution in [0.25, 0.3) is 6.08 Å². The van der Waals surface area contributed by atoms with E-state index in [1.54, 1.807) is 0 Å². The number of carbonyl (C=O) groups is 1. The molecule has 1 aromatic carbocycles. The maximum Gasteiger partial charge on any atom is 0.303 e. The van der Waals surface area contributed by atoms with E-state index in [0.29, 0.717) is 16.4 Å². The Morgan fingerprint density at radius 1 is 1.33 bits per heavy atom. The van der Waals surface area contributed by atoms with E-state index in [-0.39, 0.29) is 30.9 Å². The number of hydroxylamine groups is 1. The highest BCUT2D eigenvalue weighted by Crippen LogP contribution is 2.24. The zero-order valence-electron chi connectivity index (χ0n) is 16.1. The van der Waals surface area contributed by atoms with Gasteiger partial charge in [-0.3, -0.25) is 14.9 Å². The van der Waals surface area contributed by atoms with E-state index >= 15 is 0 Å². The van der Waals surface area contributed by atoms with E-state index in [9.17, 15) is 9.18 Å². The van der Waals surface area contributed by atoms with Gasteiger partial charge in [0.25, 0.3) is 0 Å². The lowest BCUT2D eigenvalue weighted by molar-refractivity contribution is -0.126. The lowest BCUT2D eigenvalue weighted by Crippen LogP contribution is -2.41. The van der Waals surface area contributed by atoms with Crippen molar-refractivity contribution >= 4 is 54.2 Å². The number of pyridine rings is 1. The van der Waals surface area contributed by atoms with Crippen molar-refractivity contribution in [3.05, 3.63) is 64.6 Å². The maximum absolute atomic E-state index is 13.5. The standard InChI is InChI=1S/C20H22ClFN4O2.2ClH/c21-17-9-15(10-18(22)20(27)25-28)11-23-19(17)24-16-7-4-8-26(13-16)12-14-5-2-1-3-6-14;;/h1-3,5-6,9-11,16,28H,4,7-8,12-13H2,(H,23,24)(H,25,27);2*1H/b18-10-;;/t16-;;/m1../s1. The van der Waals surface area contributed by atoms with E-state index in [0.717, 1.165) is 38.6 Å². The van der Waals surface area contributed by atoms with Crippen molar-refractivity contribution in [2.75, 3.05) is 18.4 Å². The van der Waals surface area contributed by atoms with E-state index in [1.807, 2.05) is 18.2 Å². The van der Waals surface area contributed by atoms with E-state index in [4.69, 9.17) is 16.8 Å². The molecule has 3 N–H and O–H groups in total. The van der Waals surface area contributed by atoms with Crippen molar-refractivity contribution in [2.24, 2.45) is 0 Å². The summed E-state index contributed by atoms with van der Waals surface area (Å²) in [6.07, 6.45) is 4.46. The van der Waals surface area contributed by atoms with Crippen molar-refractivity contribution in [3.63, 3.8) is 0 Å². The van der Waals surface area contributed by atoms with Gasteiger partial charge >= 0.3 is 5.91 Å². The largest absolute Gasteiger partial charge is 0.365 e. The Kier molecular flexibility index (Phi) is 11.1. The molecule has 3 rings (SSSR count). The molecule has 1 aliphatic heterocycles. The van der Waals surface area contributed by atoms with Gasteiger partial charge in [-0.05, 0) is 42.7 Å². The van der Waals surface area contributed by atoms with Gasteiger partial charge in [0.1, 0.15) is 5.82 Å². The summed E-state index contributed by atoms with van der Waals surface area (Å²) < 4.78 is 13.5. The van der Waals surface area contributed by atoms with Gasteiger partial charge in [-0.25, -0.2) is 14.9 Å². The second-order valence-corrected chi connectivity index (χ2v) is 7.14. The van der Waals surface area contributed by atoms with Gasteiger partial charge in [0, 0.05) is 25.3 Å². The molecule has 164 valence electrons. The number of anilines is 1. The minimum atomic E-state index is -1.22. The minimum absolute atomic E-state index is 0. The van der Waals surface area contributed by atoms with E-state index in [1.165, 1.54) is 23.3 Å². The predicted molar refractivity (Wildman–Crippen MR) is 121 cm³/mol. The first-order valence-corrected chi connectivity index (χ1v) is 9.43. The summed E-state index contributed by atoms with van der Waals surface area (Å²) in [6.45, 7) is 2.82. The summed E-state index contributed by atoms with van der Waals surface area (Å²) in [5, 5.41) is 12.1. The molecule has 0 bridgehead atoms. The number of piperidine rings is 1. The maximum atomic E-state index is 13.5. The molecule has 1 aromatic heterocycles. The first-order valence-electron chi connectivity index (χ1n) is 9.05. The molecule has 0 aliphatic carbocycles. The van der Waals surface area contributed by atoms with Crippen LogP contribution in [0.15, 0.2) is 48.4 Å². The Labute approximate surface area is 192 Å². The average molecular weight is 478 g/mol. The number of nitrogens with zero attached hydrogens (tertiary/aromatic N) is 2. The fraction of sp³-hybridized carbons (Fsp3) is 0.300. The van der Waals surface area contributed by atoms with Crippen LogP contribution in [0.1, 0.15) is 24.0 Å². The van der Waals surface area contributed by atoms with Gasteiger partial charge in [-0.2, -0.15) is 0 Å². The Balaban J connectivity index is 0.00000225. The average Bonchev–Trinajstić information content (AvgIpc) is 2.70. The second kappa shape index (κ2) is 12.7. The molecule has 1 fully saturated rings. The summed E-state index contributed by atoms with van der Waals surface area (Å²) in [5.41, 5.74) is 2.84. The lowest BCUT2D eigenvalue weighted by atomic mass is 10.0. The zero-order valence-corrected chi connectivity index (χ0v) is 18.4. The molecule has 1 aliphatic rings. The number of hydrogen-bond donors (Lipinski definition) is 3. The number of halogens is 4. The smallest absolute Gasteiger partial charge is 0.303 e. The number of carbonyl (C=O) groups excluding carboxylic acids is 1.